The van der Waals surface area contributed by atoms with Crippen molar-refractivity contribution in [1.82, 2.24) is 0 Å². The first-order valence-electron chi connectivity index (χ1n) is 4.71. The number of rotatable bonds is 2. The zero-order valence-electron chi connectivity index (χ0n) is 8.96. The van der Waals surface area contributed by atoms with Crippen LogP contribution < -0.4 is 4.74 Å². The second-order valence-corrected chi connectivity index (χ2v) is 3.49. The fraction of sp³-hybridized carbons (Fsp3) is 0.250. The van der Waals surface area contributed by atoms with E-state index in [0.29, 0.717) is 16.9 Å². The summed E-state index contributed by atoms with van der Waals surface area (Å²) < 4.78 is 10.6. The van der Waals surface area contributed by atoms with Gasteiger partial charge in [-0.2, -0.15) is 0 Å². The van der Waals surface area contributed by atoms with Crippen LogP contribution in [0, 0.1) is 6.92 Å². The third kappa shape index (κ3) is 1.40. The lowest BCUT2D eigenvalue weighted by Gasteiger charge is -2.03. The molecule has 0 fully saturated rings. The van der Waals surface area contributed by atoms with Crippen LogP contribution in [-0.2, 0) is 0 Å². The van der Waals surface area contributed by atoms with Crippen molar-refractivity contribution < 1.29 is 13.9 Å². The SMILES string of the molecule is COc1ccc(C(C)=O)c2c(C)coc12. The van der Waals surface area contributed by atoms with E-state index >= 15 is 0 Å². The molecule has 0 atom stereocenters. The predicted molar refractivity (Wildman–Crippen MR) is 57.5 cm³/mol. The predicted octanol–water partition coefficient (Wildman–Crippen LogP) is 2.95. The van der Waals surface area contributed by atoms with Crippen LogP contribution in [0.5, 0.6) is 5.75 Å². The molecule has 3 nitrogen and oxygen atoms in total. The first-order valence-corrected chi connectivity index (χ1v) is 4.71. The van der Waals surface area contributed by atoms with Gasteiger partial charge < -0.3 is 9.15 Å². The van der Waals surface area contributed by atoms with E-state index in [-0.39, 0.29) is 5.78 Å². The second kappa shape index (κ2) is 3.42. The minimum Gasteiger partial charge on any atom is -0.493 e. The summed E-state index contributed by atoms with van der Waals surface area (Å²) in [5.41, 5.74) is 2.27. The normalized spacial score (nSPS) is 10.6. The molecule has 15 heavy (non-hydrogen) atoms. The van der Waals surface area contributed by atoms with Crippen LogP contribution in [0.3, 0.4) is 0 Å². The number of benzene rings is 1. The maximum atomic E-state index is 11.4. The molecule has 0 saturated heterocycles. The van der Waals surface area contributed by atoms with Crippen molar-refractivity contribution in [2.75, 3.05) is 7.11 Å². The summed E-state index contributed by atoms with van der Waals surface area (Å²) in [5.74, 6) is 0.690. The number of hydrogen-bond acceptors (Lipinski definition) is 3. The monoisotopic (exact) mass is 204 g/mol. The Bertz CT molecular complexity index is 523. The Morgan fingerprint density at radius 3 is 2.73 bits per heavy atom. The van der Waals surface area contributed by atoms with E-state index in [1.54, 1.807) is 32.4 Å². The number of aryl methyl sites for hydroxylation is 1. The molecule has 3 heteroatoms. The minimum absolute atomic E-state index is 0.0344. The highest BCUT2D eigenvalue weighted by atomic mass is 16.5. The van der Waals surface area contributed by atoms with E-state index in [0.717, 1.165) is 10.9 Å². The maximum absolute atomic E-state index is 11.4. The third-order valence-electron chi connectivity index (χ3n) is 2.47. The maximum Gasteiger partial charge on any atom is 0.176 e. The van der Waals surface area contributed by atoms with Crippen molar-refractivity contribution in [3.8, 4) is 5.75 Å². The molecule has 0 aliphatic heterocycles. The van der Waals surface area contributed by atoms with Gasteiger partial charge >= 0.3 is 0 Å². The largest absolute Gasteiger partial charge is 0.493 e. The van der Waals surface area contributed by atoms with Crippen molar-refractivity contribution in [2.24, 2.45) is 0 Å². The first kappa shape index (κ1) is 9.77. The number of ketones is 1. The summed E-state index contributed by atoms with van der Waals surface area (Å²) in [6, 6.07) is 3.52. The Labute approximate surface area is 87.6 Å². The van der Waals surface area contributed by atoms with E-state index in [9.17, 15) is 4.79 Å². The molecular formula is C12H12O3. The number of carbonyl (C=O) groups is 1. The Morgan fingerprint density at radius 1 is 1.40 bits per heavy atom. The molecule has 1 aromatic heterocycles. The van der Waals surface area contributed by atoms with Crippen LogP contribution in [0.1, 0.15) is 22.8 Å². The lowest BCUT2D eigenvalue weighted by atomic mass is 10.0. The number of hydrogen-bond donors (Lipinski definition) is 0. The average molecular weight is 204 g/mol. The van der Waals surface area contributed by atoms with Gasteiger partial charge in [-0.1, -0.05) is 0 Å². The number of carbonyl (C=O) groups excluding carboxylic acids is 1. The fourth-order valence-electron chi connectivity index (χ4n) is 1.73. The number of ether oxygens (including phenoxy) is 1. The molecule has 0 aliphatic rings. The summed E-state index contributed by atoms with van der Waals surface area (Å²) in [4.78, 5) is 11.4. The molecule has 0 saturated carbocycles. The van der Waals surface area contributed by atoms with Crippen molar-refractivity contribution in [3.63, 3.8) is 0 Å². The molecule has 2 aromatic rings. The molecule has 2 rings (SSSR count). The standard InChI is InChI=1S/C12H12O3/c1-7-6-15-12-10(14-3)5-4-9(8(2)13)11(7)12/h4-6H,1-3H3. The lowest BCUT2D eigenvalue weighted by Crippen LogP contribution is -1.94. The highest BCUT2D eigenvalue weighted by Crippen LogP contribution is 2.32. The smallest absolute Gasteiger partial charge is 0.176 e. The summed E-state index contributed by atoms with van der Waals surface area (Å²) in [6.07, 6.45) is 1.64. The molecule has 0 aliphatic carbocycles. The molecule has 0 N–H and O–H groups in total. The Morgan fingerprint density at radius 2 is 2.13 bits per heavy atom. The zero-order valence-corrected chi connectivity index (χ0v) is 8.96. The minimum atomic E-state index is 0.0344. The van der Waals surface area contributed by atoms with E-state index in [4.69, 9.17) is 9.15 Å². The molecule has 0 bridgehead atoms. The first-order chi connectivity index (χ1) is 7.15. The molecule has 0 amide bonds. The molecule has 78 valence electrons. The van der Waals surface area contributed by atoms with Crippen LogP contribution >= 0.6 is 0 Å². The molecule has 0 spiro atoms. The molecule has 1 aromatic carbocycles. The van der Waals surface area contributed by atoms with Gasteiger partial charge in [0.25, 0.3) is 0 Å². The third-order valence-corrected chi connectivity index (χ3v) is 2.47. The molecule has 0 unspecified atom stereocenters. The summed E-state index contributed by atoms with van der Waals surface area (Å²) in [6.45, 7) is 3.46. The van der Waals surface area contributed by atoms with Crippen LogP contribution in [0.2, 0.25) is 0 Å². The number of fused-ring (bicyclic) bond motifs is 1. The van der Waals surface area contributed by atoms with E-state index in [1.165, 1.54) is 0 Å². The lowest BCUT2D eigenvalue weighted by molar-refractivity contribution is 0.101. The van der Waals surface area contributed by atoms with Gasteiger partial charge in [-0.3, -0.25) is 4.79 Å². The zero-order chi connectivity index (χ0) is 11.0. The van der Waals surface area contributed by atoms with E-state index in [2.05, 4.69) is 0 Å². The van der Waals surface area contributed by atoms with E-state index in [1.807, 2.05) is 6.92 Å². The molecule has 0 radical (unpaired) electrons. The highest BCUT2D eigenvalue weighted by Gasteiger charge is 2.14. The molecule has 1 heterocycles. The number of Topliss-reactive ketones (excluding diaryl/α,β-unsaturated/α-hetero) is 1. The van der Waals surface area contributed by atoms with Gasteiger partial charge in [0.15, 0.2) is 17.1 Å². The van der Waals surface area contributed by atoms with Crippen molar-refractivity contribution >= 4 is 16.8 Å². The molecular weight excluding hydrogens is 192 g/mol. The average Bonchev–Trinajstić information content (AvgIpc) is 2.60. The fourth-order valence-corrected chi connectivity index (χ4v) is 1.73. The van der Waals surface area contributed by atoms with Crippen LogP contribution in [0.25, 0.3) is 11.0 Å². The number of methoxy groups -OCH3 is 1. The highest BCUT2D eigenvalue weighted by molar-refractivity contribution is 6.08. The second-order valence-electron chi connectivity index (χ2n) is 3.49. The van der Waals surface area contributed by atoms with E-state index < -0.39 is 0 Å². The van der Waals surface area contributed by atoms with Crippen LogP contribution in [0.4, 0.5) is 0 Å². The van der Waals surface area contributed by atoms with Gasteiger partial charge in [0.2, 0.25) is 0 Å². The Balaban J connectivity index is 2.86. The van der Waals surface area contributed by atoms with Crippen molar-refractivity contribution in [3.05, 3.63) is 29.5 Å². The van der Waals surface area contributed by atoms with Gasteiger partial charge in [-0.05, 0) is 31.5 Å². The summed E-state index contributed by atoms with van der Waals surface area (Å²) >= 11 is 0. The van der Waals surface area contributed by atoms with Gasteiger partial charge in [0.05, 0.1) is 13.4 Å². The topological polar surface area (TPSA) is 39.4 Å². The summed E-state index contributed by atoms with van der Waals surface area (Å²) in [5, 5.41) is 0.849. The van der Waals surface area contributed by atoms with Gasteiger partial charge in [0, 0.05) is 10.9 Å². The van der Waals surface area contributed by atoms with Crippen molar-refractivity contribution in [2.45, 2.75) is 13.8 Å². The van der Waals surface area contributed by atoms with Crippen LogP contribution in [0.15, 0.2) is 22.8 Å². The Hall–Kier alpha value is -1.77. The van der Waals surface area contributed by atoms with Gasteiger partial charge in [0.1, 0.15) is 0 Å². The van der Waals surface area contributed by atoms with Gasteiger partial charge in [-0.25, -0.2) is 0 Å². The van der Waals surface area contributed by atoms with Crippen molar-refractivity contribution in [1.29, 1.82) is 0 Å². The quantitative estimate of drug-likeness (QED) is 0.706. The summed E-state index contributed by atoms with van der Waals surface area (Å²) in [7, 11) is 1.58. The van der Waals surface area contributed by atoms with Gasteiger partial charge in [-0.15, -0.1) is 0 Å². The Kier molecular flexibility index (Phi) is 2.23. The van der Waals surface area contributed by atoms with Crippen LogP contribution in [-0.4, -0.2) is 12.9 Å². The number of furan rings is 1.